The maximum Gasteiger partial charge on any atom is 0.305 e. The number of hydrogen-bond donors (Lipinski definition) is 2. The monoisotopic (exact) mass is 390 g/mol. The average molecular weight is 390 g/mol. The van der Waals surface area contributed by atoms with E-state index in [2.05, 4.69) is 5.32 Å². The number of likely N-dealkylation sites (tertiary alicyclic amines) is 1. The van der Waals surface area contributed by atoms with Gasteiger partial charge in [0.05, 0.1) is 12.3 Å². The van der Waals surface area contributed by atoms with Crippen LogP contribution in [0.3, 0.4) is 0 Å². The number of carbonyl (C=O) groups is 3. The average Bonchev–Trinajstić information content (AvgIpc) is 2.71. The molecule has 0 radical (unpaired) electrons. The zero-order valence-electron chi connectivity index (χ0n) is 16.6. The number of ether oxygens (including phenoxy) is 1. The molecular weight excluding hydrogens is 360 g/mol. The number of benzene rings is 1. The molecule has 7 nitrogen and oxygen atoms in total. The molecule has 1 aliphatic rings. The summed E-state index contributed by atoms with van der Waals surface area (Å²) in [7, 11) is 0. The third kappa shape index (κ3) is 5.97. The summed E-state index contributed by atoms with van der Waals surface area (Å²) in [6.07, 6.45) is 2.40. The van der Waals surface area contributed by atoms with Crippen molar-refractivity contribution in [3.8, 4) is 5.75 Å². The number of carbonyl (C=O) groups excluding carboxylic acids is 2. The van der Waals surface area contributed by atoms with E-state index in [1.807, 2.05) is 32.0 Å². The molecule has 1 heterocycles. The third-order valence-electron chi connectivity index (χ3n) is 5.48. The van der Waals surface area contributed by atoms with Crippen LogP contribution < -0.4 is 10.1 Å². The zero-order chi connectivity index (χ0) is 20.6. The van der Waals surface area contributed by atoms with E-state index in [1.54, 1.807) is 17.0 Å². The lowest BCUT2D eigenvalue weighted by Gasteiger charge is -2.36. The van der Waals surface area contributed by atoms with E-state index in [0.29, 0.717) is 38.1 Å². The first-order chi connectivity index (χ1) is 13.4. The molecule has 28 heavy (non-hydrogen) atoms. The predicted octanol–water partition coefficient (Wildman–Crippen LogP) is 2.45. The van der Waals surface area contributed by atoms with Crippen LogP contribution in [0.25, 0.3) is 0 Å². The Kier molecular flexibility index (Phi) is 7.84. The Bertz CT molecular complexity index is 673. The standard InChI is InChI=1S/C21H30N2O5/c1-3-21(4-2,13-19(25)26)22-20(27)16-9-8-12-23(14-16)18(24)15-28-17-10-6-5-7-11-17/h5-7,10-11,16H,3-4,8-9,12-15H2,1-2H3,(H,22,27)(H,25,26). The SMILES string of the molecule is CCC(CC)(CC(=O)O)NC(=O)C1CCCN(C(=O)COc2ccccc2)C1. The predicted molar refractivity (Wildman–Crippen MR) is 105 cm³/mol. The summed E-state index contributed by atoms with van der Waals surface area (Å²) < 4.78 is 5.52. The molecule has 2 N–H and O–H groups in total. The Hall–Kier alpha value is -2.57. The molecule has 1 aromatic carbocycles. The van der Waals surface area contributed by atoms with Gasteiger partial charge in [0, 0.05) is 18.6 Å². The number of aliphatic carboxylic acids is 1. The molecule has 0 spiro atoms. The van der Waals surface area contributed by atoms with Crippen molar-refractivity contribution in [3.63, 3.8) is 0 Å². The van der Waals surface area contributed by atoms with Crippen LogP contribution in [0, 0.1) is 5.92 Å². The van der Waals surface area contributed by atoms with Crippen molar-refractivity contribution >= 4 is 17.8 Å². The number of rotatable bonds is 9. The molecule has 0 aromatic heterocycles. The molecule has 2 rings (SSSR count). The first kappa shape index (κ1) is 21.7. The minimum Gasteiger partial charge on any atom is -0.484 e. The number of carboxylic acid groups (broad SMARTS) is 1. The van der Waals surface area contributed by atoms with Gasteiger partial charge in [0.1, 0.15) is 5.75 Å². The molecule has 1 unspecified atom stereocenters. The highest BCUT2D eigenvalue weighted by atomic mass is 16.5. The molecule has 0 bridgehead atoms. The van der Waals surface area contributed by atoms with Gasteiger partial charge < -0.3 is 20.1 Å². The highest BCUT2D eigenvalue weighted by molar-refractivity contribution is 5.83. The number of amides is 2. The molecule has 7 heteroatoms. The van der Waals surface area contributed by atoms with Crippen LogP contribution in [-0.2, 0) is 14.4 Å². The highest BCUT2D eigenvalue weighted by Crippen LogP contribution is 2.23. The van der Waals surface area contributed by atoms with Crippen LogP contribution in [0.15, 0.2) is 30.3 Å². The van der Waals surface area contributed by atoms with Crippen LogP contribution in [0.4, 0.5) is 0 Å². The number of nitrogens with zero attached hydrogens (tertiary/aromatic N) is 1. The van der Waals surface area contributed by atoms with Crippen LogP contribution in [0.2, 0.25) is 0 Å². The Morgan fingerprint density at radius 1 is 1.21 bits per heavy atom. The Labute approximate surface area is 166 Å². The van der Waals surface area contributed by atoms with E-state index in [0.717, 1.165) is 6.42 Å². The fourth-order valence-electron chi connectivity index (χ4n) is 3.54. The van der Waals surface area contributed by atoms with Crippen molar-refractivity contribution in [2.45, 2.75) is 51.5 Å². The number of nitrogens with one attached hydrogen (secondary N) is 1. The van der Waals surface area contributed by atoms with Gasteiger partial charge in [-0.3, -0.25) is 14.4 Å². The number of piperidine rings is 1. The van der Waals surface area contributed by atoms with Crippen molar-refractivity contribution < 1.29 is 24.2 Å². The maximum absolute atomic E-state index is 12.8. The first-order valence-electron chi connectivity index (χ1n) is 9.88. The van der Waals surface area contributed by atoms with Gasteiger partial charge in [0.2, 0.25) is 5.91 Å². The van der Waals surface area contributed by atoms with Crippen molar-refractivity contribution in [2.24, 2.45) is 5.92 Å². The van der Waals surface area contributed by atoms with E-state index >= 15 is 0 Å². The molecule has 1 fully saturated rings. The van der Waals surface area contributed by atoms with Crippen LogP contribution in [0.5, 0.6) is 5.75 Å². The summed E-state index contributed by atoms with van der Waals surface area (Å²) in [5.41, 5.74) is -0.744. The fourth-order valence-corrected chi connectivity index (χ4v) is 3.54. The van der Waals surface area contributed by atoms with Gasteiger partial charge in [-0.15, -0.1) is 0 Å². The van der Waals surface area contributed by atoms with E-state index in [-0.39, 0.29) is 30.8 Å². The number of hydrogen-bond acceptors (Lipinski definition) is 4. The van der Waals surface area contributed by atoms with Gasteiger partial charge in [-0.25, -0.2) is 0 Å². The smallest absolute Gasteiger partial charge is 0.305 e. The molecule has 1 saturated heterocycles. The molecule has 1 atom stereocenters. The number of para-hydroxylation sites is 1. The molecule has 1 aromatic rings. The largest absolute Gasteiger partial charge is 0.484 e. The molecular formula is C21H30N2O5. The van der Waals surface area contributed by atoms with Gasteiger partial charge in [0.25, 0.3) is 5.91 Å². The maximum atomic E-state index is 12.8. The second-order valence-corrected chi connectivity index (χ2v) is 7.33. The summed E-state index contributed by atoms with van der Waals surface area (Å²) in [5, 5.41) is 12.1. The summed E-state index contributed by atoms with van der Waals surface area (Å²) >= 11 is 0. The van der Waals surface area contributed by atoms with Crippen LogP contribution in [-0.4, -0.2) is 53.0 Å². The molecule has 0 aliphatic carbocycles. The minimum absolute atomic E-state index is 0.0643. The Balaban J connectivity index is 1.92. The van der Waals surface area contributed by atoms with Crippen LogP contribution in [0.1, 0.15) is 46.0 Å². The topological polar surface area (TPSA) is 95.9 Å². The fraction of sp³-hybridized carbons (Fsp3) is 0.571. The lowest BCUT2D eigenvalue weighted by Crippen LogP contribution is -2.54. The normalized spacial score (nSPS) is 17.1. The van der Waals surface area contributed by atoms with E-state index < -0.39 is 11.5 Å². The third-order valence-corrected chi connectivity index (χ3v) is 5.48. The quantitative estimate of drug-likeness (QED) is 0.675. The Morgan fingerprint density at radius 3 is 2.50 bits per heavy atom. The van der Waals surface area contributed by atoms with E-state index in [9.17, 15) is 19.5 Å². The van der Waals surface area contributed by atoms with Crippen molar-refractivity contribution in [1.29, 1.82) is 0 Å². The van der Waals surface area contributed by atoms with E-state index in [1.165, 1.54) is 0 Å². The second-order valence-electron chi connectivity index (χ2n) is 7.33. The molecule has 1 aliphatic heterocycles. The summed E-state index contributed by atoms with van der Waals surface area (Å²) in [4.78, 5) is 38.1. The second kappa shape index (κ2) is 10.1. The van der Waals surface area contributed by atoms with E-state index in [4.69, 9.17) is 4.74 Å². The van der Waals surface area contributed by atoms with Gasteiger partial charge in [-0.1, -0.05) is 32.0 Å². The minimum atomic E-state index is -0.928. The molecule has 154 valence electrons. The van der Waals surface area contributed by atoms with Crippen molar-refractivity contribution in [3.05, 3.63) is 30.3 Å². The number of carboxylic acids is 1. The summed E-state index contributed by atoms with van der Waals surface area (Å²) in [6, 6.07) is 9.13. The van der Waals surface area contributed by atoms with Crippen molar-refractivity contribution in [1.82, 2.24) is 10.2 Å². The highest BCUT2D eigenvalue weighted by Gasteiger charge is 2.35. The van der Waals surface area contributed by atoms with Gasteiger partial charge in [0.15, 0.2) is 6.61 Å². The van der Waals surface area contributed by atoms with Crippen LogP contribution >= 0.6 is 0 Å². The zero-order valence-corrected chi connectivity index (χ0v) is 16.6. The van der Waals surface area contributed by atoms with Gasteiger partial charge in [-0.05, 0) is 37.8 Å². The van der Waals surface area contributed by atoms with Gasteiger partial charge >= 0.3 is 5.97 Å². The lowest BCUT2D eigenvalue weighted by atomic mass is 9.87. The van der Waals surface area contributed by atoms with Gasteiger partial charge in [-0.2, -0.15) is 0 Å². The summed E-state index contributed by atoms with van der Waals surface area (Å²) in [6.45, 7) is 4.63. The lowest BCUT2D eigenvalue weighted by molar-refractivity contribution is -0.140. The molecule has 0 saturated carbocycles. The first-order valence-corrected chi connectivity index (χ1v) is 9.88. The van der Waals surface area contributed by atoms with Crippen molar-refractivity contribution in [2.75, 3.05) is 19.7 Å². The molecule has 2 amide bonds. The summed E-state index contributed by atoms with van der Waals surface area (Å²) in [5.74, 6) is -0.953. The Morgan fingerprint density at radius 2 is 1.89 bits per heavy atom.